The first-order valence-electron chi connectivity index (χ1n) is 15.4. The molecule has 0 amide bonds. The lowest BCUT2D eigenvalue weighted by Crippen LogP contribution is -2.63. The summed E-state index contributed by atoms with van der Waals surface area (Å²) in [6, 6.07) is 14.9. The third-order valence-corrected chi connectivity index (χ3v) is 12.3. The van der Waals surface area contributed by atoms with Gasteiger partial charge in [-0.15, -0.1) is 0 Å². The molecule has 0 saturated heterocycles. The van der Waals surface area contributed by atoms with Crippen LogP contribution in [0, 0.1) is 28.6 Å². The van der Waals surface area contributed by atoms with Crippen molar-refractivity contribution in [1.82, 2.24) is 4.98 Å². The van der Waals surface area contributed by atoms with Gasteiger partial charge in [0.25, 0.3) is 0 Å². The molecule has 2 aromatic heterocycles. The molecule has 4 aliphatic rings. The molecular weight excluding hydrogens is 562 g/mol. The highest BCUT2D eigenvalue weighted by Crippen LogP contribution is 2.68. The third-order valence-electron chi connectivity index (χ3n) is 11.4. The molecule has 0 spiro atoms. The summed E-state index contributed by atoms with van der Waals surface area (Å²) in [5.41, 5.74) is -0.383. The predicted octanol–water partition coefficient (Wildman–Crippen LogP) is 6.59. The average molecular weight is 600 g/mol. The van der Waals surface area contributed by atoms with Crippen molar-refractivity contribution in [2.45, 2.75) is 75.5 Å². The summed E-state index contributed by atoms with van der Waals surface area (Å²) in [4.78, 5) is 45.0. The first-order chi connectivity index (χ1) is 20.6. The van der Waals surface area contributed by atoms with Gasteiger partial charge in [-0.3, -0.25) is 9.59 Å². The molecule has 1 aromatic carbocycles. The Bertz CT molecular complexity index is 1630. The van der Waals surface area contributed by atoms with Gasteiger partial charge in [0.05, 0.1) is 28.7 Å². The van der Waals surface area contributed by atoms with Gasteiger partial charge in [-0.2, -0.15) is 0 Å². The number of hydrogen-bond acceptors (Lipinski definition) is 8. The maximum atomic E-state index is 14.5. The predicted molar refractivity (Wildman–Crippen MR) is 162 cm³/mol. The molecule has 3 saturated carbocycles. The topological polar surface area (TPSA) is 107 Å². The quantitative estimate of drug-likeness (QED) is 0.250. The van der Waals surface area contributed by atoms with Gasteiger partial charge < -0.3 is 14.3 Å². The number of furan rings is 1. The van der Waals surface area contributed by atoms with Gasteiger partial charge in [0.15, 0.2) is 17.2 Å². The summed E-state index contributed by atoms with van der Waals surface area (Å²) in [6.45, 7) is 4.26. The zero-order valence-corrected chi connectivity index (χ0v) is 25.4. The van der Waals surface area contributed by atoms with Crippen molar-refractivity contribution < 1.29 is 28.6 Å². The Kier molecular flexibility index (Phi) is 6.93. The van der Waals surface area contributed by atoms with Crippen LogP contribution >= 0.6 is 11.8 Å². The Morgan fingerprint density at radius 3 is 2.72 bits per heavy atom. The van der Waals surface area contributed by atoms with Crippen molar-refractivity contribution in [1.29, 1.82) is 0 Å². The number of rotatable bonds is 6. The smallest absolute Gasteiger partial charge is 0.375 e. The number of para-hydroxylation sites is 1. The second-order valence-electron chi connectivity index (χ2n) is 13.4. The van der Waals surface area contributed by atoms with Gasteiger partial charge in [-0.25, -0.2) is 9.78 Å². The second-order valence-corrected chi connectivity index (χ2v) is 14.4. The highest BCUT2D eigenvalue weighted by atomic mass is 32.2. The normalized spacial score (nSPS) is 35.0. The fraction of sp³-hybridized carbons (Fsp3) is 0.486. The van der Waals surface area contributed by atoms with Crippen LogP contribution in [0.2, 0.25) is 0 Å². The van der Waals surface area contributed by atoms with E-state index in [1.807, 2.05) is 42.5 Å². The molecule has 0 radical (unpaired) electrons. The van der Waals surface area contributed by atoms with Crippen molar-refractivity contribution in [2.75, 3.05) is 5.75 Å². The van der Waals surface area contributed by atoms with E-state index in [2.05, 4.69) is 13.8 Å². The summed E-state index contributed by atoms with van der Waals surface area (Å²) in [5.74, 6) is -0.229. The fourth-order valence-electron chi connectivity index (χ4n) is 9.34. The number of aromatic nitrogens is 1. The van der Waals surface area contributed by atoms with Crippen LogP contribution in [0.3, 0.4) is 0 Å². The molecule has 7 atom stereocenters. The van der Waals surface area contributed by atoms with E-state index < -0.39 is 23.1 Å². The van der Waals surface area contributed by atoms with Crippen LogP contribution in [-0.2, 0) is 14.3 Å². The minimum atomic E-state index is -1.41. The number of carbonyl (C=O) groups excluding carboxylic acids is 3. The zero-order chi connectivity index (χ0) is 30.0. The highest BCUT2D eigenvalue weighted by molar-refractivity contribution is 7.99. The summed E-state index contributed by atoms with van der Waals surface area (Å²) in [6.07, 6.45) is 6.96. The minimum Gasteiger partial charge on any atom is -0.457 e. The molecule has 8 heteroatoms. The second kappa shape index (κ2) is 10.4. The molecule has 1 N–H and O–H groups in total. The number of benzene rings is 1. The first-order valence-corrected chi connectivity index (χ1v) is 16.3. The lowest BCUT2D eigenvalue weighted by molar-refractivity contribution is -0.180. The number of fused-ring (bicyclic) bond motifs is 6. The van der Waals surface area contributed by atoms with Crippen LogP contribution in [0.1, 0.15) is 69.3 Å². The van der Waals surface area contributed by atoms with Crippen LogP contribution in [0.25, 0.3) is 10.9 Å². The van der Waals surface area contributed by atoms with E-state index >= 15 is 0 Å². The number of allylic oxidation sites excluding steroid dienone is 1. The maximum absolute atomic E-state index is 14.5. The fourth-order valence-corrected chi connectivity index (χ4v) is 10.2. The number of carbonyl (C=O) groups is 3. The number of pyridine rings is 1. The lowest BCUT2D eigenvalue weighted by Gasteiger charge is -2.60. The molecule has 7 rings (SSSR count). The SMILES string of the molecule is CC12CCC(=O)C=C1CCC1C2[C@@H](O)CC2(C)C1CC[C@]2(OC(=O)c1ccco1)C(=O)CSc1ccc2ccccc2n1. The number of nitrogens with zero attached hydrogens (tertiary/aromatic N) is 1. The summed E-state index contributed by atoms with van der Waals surface area (Å²) in [5, 5.41) is 13.7. The van der Waals surface area contributed by atoms with Crippen molar-refractivity contribution in [3.05, 3.63) is 72.2 Å². The van der Waals surface area contributed by atoms with Crippen LogP contribution < -0.4 is 0 Å². The largest absolute Gasteiger partial charge is 0.457 e. The molecule has 3 fully saturated rings. The number of thioether (sulfide) groups is 1. The highest BCUT2D eigenvalue weighted by Gasteiger charge is 2.70. The van der Waals surface area contributed by atoms with Crippen molar-refractivity contribution in [3.63, 3.8) is 0 Å². The van der Waals surface area contributed by atoms with E-state index in [0.29, 0.717) is 19.3 Å². The molecule has 4 aliphatic carbocycles. The Labute approximate surface area is 255 Å². The zero-order valence-electron chi connectivity index (χ0n) is 24.6. The summed E-state index contributed by atoms with van der Waals surface area (Å²) >= 11 is 1.35. The molecule has 5 unspecified atom stereocenters. The molecular formula is C35H37NO6S. The van der Waals surface area contributed by atoms with E-state index in [1.54, 1.807) is 12.1 Å². The number of hydrogen-bond donors (Lipinski definition) is 1. The van der Waals surface area contributed by atoms with E-state index in [9.17, 15) is 19.5 Å². The van der Waals surface area contributed by atoms with E-state index in [4.69, 9.17) is 14.1 Å². The van der Waals surface area contributed by atoms with Crippen molar-refractivity contribution in [2.24, 2.45) is 28.6 Å². The molecule has 0 aliphatic heterocycles. The first kappa shape index (κ1) is 28.5. The van der Waals surface area contributed by atoms with E-state index in [0.717, 1.165) is 47.2 Å². The molecule has 2 heterocycles. The van der Waals surface area contributed by atoms with E-state index in [1.165, 1.54) is 18.0 Å². The van der Waals surface area contributed by atoms with Gasteiger partial charge >= 0.3 is 5.97 Å². The van der Waals surface area contributed by atoms with Crippen LogP contribution in [0.5, 0.6) is 0 Å². The number of aliphatic hydroxyl groups is 1. The van der Waals surface area contributed by atoms with Crippen molar-refractivity contribution >= 4 is 40.2 Å². The van der Waals surface area contributed by atoms with Gasteiger partial charge in [0.2, 0.25) is 5.76 Å². The number of aliphatic hydroxyl groups excluding tert-OH is 1. The minimum absolute atomic E-state index is 0.00141. The van der Waals surface area contributed by atoms with Crippen LogP contribution in [0.15, 0.2) is 75.9 Å². The number of ketones is 2. The van der Waals surface area contributed by atoms with Gasteiger partial charge in [0, 0.05) is 17.2 Å². The molecule has 3 aromatic rings. The lowest BCUT2D eigenvalue weighted by atomic mass is 9.45. The Balaban J connectivity index is 1.22. The maximum Gasteiger partial charge on any atom is 0.375 e. The molecule has 43 heavy (non-hydrogen) atoms. The van der Waals surface area contributed by atoms with Crippen LogP contribution in [0.4, 0.5) is 0 Å². The average Bonchev–Trinajstić information content (AvgIpc) is 3.63. The number of esters is 1. The van der Waals surface area contributed by atoms with Crippen molar-refractivity contribution in [3.8, 4) is 0 Å². The summed E-state index contributed by atoms with van der Waals surface area (Å²) < 4.78 is 11.7. The Morgan fingerprint density at radius 2 is 1.91 bits per heavy atom. The molecule has 0 bridgehead atoms. The number of Topliss-reactive ketones (excluding diaryl/α,β-unsaturated/α-hetero) is 1. The standard InChI is InChI=1S/C35H37NO6S/c1-33-15-13-23(37)18-22(33)10-11-24-25-14-16-35(34(25,2)19-27(38)31(24)33,42-32(40)28-8-5-17-41-28)29(39)20-43-30-12-9-21-6-3-4-7-26(21)36-30/h3-9,12,17-18,24-25,27,31,38H,10-11,13-16,19-20H2,1-2H3/t24?,25?,27-,31?,33?,34?,35-/m0/s1. The third kappa shape index (κ3) is 4.43. The molecule has 7 nitrogen and oxygen atoms in total. The van der Waals surface area contributed by atoms with Gasteiger partial charge in [0.1, 0.15) is 0 Å². The van der Waals surface area contributed by atoms with E-state index in [-0.39, 0.29) is 46.2 Å². The van der Waals surface area contributed by atoms with Gasteiger partial charge in [-0.1, -0.05) is 55.4 Å². The van der Waals surface area contributed by atoms with Crippen LogP contribution in [-0.4, -0.2) is 45.1 Å². The Morgan fingerprint density at radius 1 is 1.07 bits per heavy atom. The number of ether oxygens (including phenoxy) is 1. The van der Waals surface area contributed by atoms with Gasteiger partial charge in [-0.05, 0) is 92.0 Å². The summed E-state index contributed by atoms with van der Waals surface area (Å²) in [7, 11) is 0. The Hall–Kier alpha value is -3.23. The molecule has 224 valence electrons. The monoisotopic (exact) mass is 599 g/mol.